The summed E-state index contributed by atoms with van der Waals surface area (Å²) in [5.41, 5.74) is 0. The van der Waals surface area contributed by atoms with Crippen LogP contribution in [0.3, 0.4) is 0 Å². The first-order valence-corrected chi connectivity index (χ1v) is 14.4. The number of rotatable bonds is 22. The van der Waals surface area contributed by atoms with E-state index in [1.807, 2.05) is 6.92 Å². The minimum absolute atomic E-state index is 0.455. The number of allylic oxidation sites excluding steroid dienone is 2. The minimum atomic E-state index is -2.89. The van der Waals surface area contributed by atoms with Gasteiger partial charge < -0.3 is 13.5 Å². The lowest BCUT2D eigenvalue weighted by atomic mass is 10.1. The van der Waals surface area contributed by atoms with E-state index in [2.05, 4.69) is 40.2 Å². The first-order chi connectivity index (χ1) is 14.3. The molecule has 0 saturated carbocycles. The Labute approximate surface area is 188 Å². The highest BCUT2D eigenvalue weighted by atomic mass is 31.2. The maximum absolute atomic E-state index is 12.6. The van der Waals surface area contributed by atoms with Crippen LogP contribution in [0.4, 0.5) is 0 Å². The molecular weight excluding hydrogens is 393 g/mol. The molecule has 0 aliphatic heterocycles. The summed E-state index contributed by atoms with van der Waals surface area (Å²) in [6.45, 7) is 6.03. The third-order valence-electron chi connectivity index (χ3n) is 5.38. The molecule has 0 rings (SSSR count). The average Bonchev–Trinajstić information content (AvgIpc) is 2.69. The fourth-order valence-electron chi connectivity index (χ4n) is 3.23. The topological polar surface area (TPSA) is 35.5 Å². The van der Waals surface area contributed by atoms with Crippen molar-refractivity contribution in [2.24, 2.45) is 0 Å². The molecule has 1 unspecified atom stereocenters. The fraction of sp³-hybridized carbons (Fsp3) is 0.920. The van der Waals surface area contributed by atoms with Gasteiger partial charge in [0, 0.05) is 6.16 Å². The van der Waals surface area contributed by atoms with Gasteiger partial charge in [-0.1, -0.05) is 83.8 Å². The molecule has 0 aromatic carbocycles. The van der Waals surface area contributed by atoms with Crippen LogP contribution >= 0.6 is 7.60 Å². The highest BCUT2D eigenvalue weighted by molar-refractivity contribution is 7.53. The zero-order chi connectivity index (χ0) is 22.6. The number of hydrogen-bond acceptors (Lipinski definition) is 3. The van der Waals surface area contributed by atoms with Gasteiger partial charge in [0.2, 0.25) is 0 Å². The van der Waals surface area contributed by atoms with Crippen molar-refractivity contribution < 1.29 is 18.1 Å². The zero-order valence-corrected chi connectivity index (χ0v) is 21.9. The van der Waals surface area contributed by atoms with Crippen LogP contribution in [0.2, 0.25) is 0 Å². The lowest BCUT2D eigenvalue weighted by molar-refractivity contribution is -0.870. The quantitative estimate of drug-likeness (QED) is 0.0732. The van der Waals surface area contributed by atoms with E-state index in [-0.39, 0.29) is 0 Å². The van der Waals surface area contributed by atoms with Crippen LogP contribution in [0.1, 0.15) is 104 Å². The molecule has 0 N–H and O–H groups in total. The van der Waals surface area contributed by atoms with Crippen molar-refractivity contribution in [2.75, 3.05) is 47.1 Å². The lowest BCUT2D eigenvalue weighted by Crippen LogP contribution is -2.37. The van der Waals surface area contributed by atoms with Gasteiger partial charge in [-0.2, -0.15) is 0 Å². The molecule has 180 valence electrons. The Morgan fingerprint density at radius 2 is 1.13 bits per heavy atom. The largest absolute Gasteiger partial charge is 0.330 e. The van der Waals surface area contributed by atoms with Crippen molar-refractivity contribution in [3.8, 4) is 0 Å². The Morgan fingerprint density at radius 3 is 1.63 bits per heavy atom. The van der Waals surface area contributed by atoms with Crippen molar-refractivity contribution >= 4 is 7.60 Å². The standard InChI is InChI=1S/C25H53NO3P/c1-6-8-9-10-11-12-13-14-15-16-17-18-19-20-21-22-24-28-30(27,7-2)29-25-23-26(3,4)5/h14-15H,6-13,16-25H2,1-5H3/q+1/b15-14-. The number of likely N-dealkylation sites (N-methyl/N-ethyl adjacent to an activating group) is 1. The van der Waals surface area contributed by atoms with Crippen LogP contribution in [0, 0.1) is 0 Å². The maximum atomic E-state index is 12.6. The molecule has 5 heteroatoms. The van der Waals surface area contributed by atoms with Crippen molar-refractivity contribution in [1.29, 1.82) is 0 Å². The summed E-state index contributed by atoms with van der Waals surface area (Å²) in [5.74, 6) is 0. The molecule has 4 nitrogen and oxygen atoms in total. The fourth-order valence-corrected chi connectivity index (χ4v) is 4.43. The van der Waals surface area contributed by atoms with Gasteiger partial charge in [0.05, 0.1) is 27.7 Å². The summed E-state index contributed by atoms with van der Waals surface area (Å²) >= 11 is 0. The average molecular weight is 447 g/mol. The third kappa shape index (κ3) is 21.1. The van der Waals surface area contributed by atoms with E-state index in [0.29, 0.717) is 19.4 Å². The normalized spacial score (nSPS) is 14.4. The molecule has 0 aromatic heterocycles. The van der Waals surface area contributed by atoms with Crippen LogP contribution in [0.15, 0.2) is 12.2 Å². The van der Waals surface area contributed by atoms with E-state index >= 15 is 0 Å². The summed E-state index contributed by atoms with van der Waals surface area (Å²) in [4.78, 5) is 0. The highest BCUT2D eigenvalue weighted by Gasteiger charge is 2.22. The Bertz CT molecular complexity index is 446. The van der Waals surface area contributed by atoms with E-state index in [1.54, 1.807) is 0 Å². The second kappa shape index (κ2) is 19.5. The molecular formula is C25H53NO3P+. The molecule has 0 aliphatic carbocycles. The zero-order valence-electron chi connectivity index (χ0n) is 21.0. The highest BCUT2D eigenvalue weighted by Crippen LogP contribution is 2.47. The van der Waals surface area contributed by atoms with Crippen molar-refractivity contribution in [3.05, 3.63) is 12.2 Å². The van der Waals surface area contributed by atoms with Gasteiger partial charge in [0.15, 0.2) is 0 Å². The Balaban J connectivity index is 3.48. The van der Waals surface area contributed by atoms with Crippen LogP contribution in [-0.4, -0.2) is 51.5 Å². The lowest BCUT2D eigenvalue weighted by Gasteiger charge is -2.25. The minimum Gasteiger partial charge on any atom is -0.329 e. The Morgan fingerprint density at radius 1 is 0.667 bits per heavy atom. The molecule has 0 amide bonds. The Kier molecular flexibility index (Phi) is 19.4. The van der Waals surface area contributed by atoms with Crippen LogP contribution in [0.5, 0.6) is 0 Å². The van der Waals surface area contributed by atoms with Gasteiger partial charge in [-0.25, -0.2) is 0 Å². The molecule has 0 fully saturated rings. The summed E-state index contributed by atoms with van der Waals surface area (Å²) < 4.78 is 24.6. The molecule has 0 aromatic rings. The molecule has 30 heavy (non-hydrogen) atoms. The first-order valence-electron chi connectivity index (χ1n) is 12.7. The monoisotopic (exact) mass is 446 g/mol. The molecule has 1 atom stereocenters. The number of hydrogen-bond donors (Lipinski definition) is 0. The van der Waals surface area contributed by atoms with Crippen molar-refractivity contribution in [3.63, 3.8) is 0 Å². The van der Waals surface area contributed by atoms with Gasteiger partial charge >= 0.3 is 7.60 Å². The summed E-state index contributed by atoms with van der Waals surface area (Å²) in [7, 11) is 3.42. The second-order valence-electron chi connectivity index (χ2n) is 9.55. The molecule has 0 heterocycles. The summed E-state index contributed by atoms with van der Waals surface area (Å²) in [6.07, 6.45) is 23.3. The first kappa shape index (κ1) is 29.9. The van der Waals surface area contributed by atoms with E-state index in [1.165, 1.54) is 77.0 Å². The third-order valence-corrected chi connectivity index (χ3v) is 7.31. The maximum Gasteiger partial charge on any atom is 0.330 e. The Hall–Kier alpha value is -0.150. The van der Waals surface area contributed by atoms with Gasteiger partial charge in [0.25, 0.3) is 0 Å². The number of unbranched alkanes of at least 4 members (excludes halogenated alkanes) is 12. The number of nitrogens with zero attached hydrogens (tertiary/aromatic N) is 1. The van der Waals surface area contributed by atoms with Gasteiger partial charge in [-0.05, 0) is 32.1 Å². The molecule has 0 aliphatic rings. The molecule has 0 bridgehead atoms. The van der Waals surface area contributed by atoms with Crippen LogP contribution in [0.25, 0.3) is 0 Å². The molecule has 0 saturated heterocycles. The summed E-state index contributed by atoms with van der Waals surface area (Å²) in [5, 5.41) is 0. The molecule has 0 radical (unpaired) electrons. The molecule has 0 spiro atoms. The van der Waals surface area contributed by atoms with Crippen molar-refractivity contribution in [2.45, 2.75) is 104 Å². The second-order valence-corrected chi connectivity index (χ2v) is 11.9. The van der Waals surface area contributed by atoms with E-state index in [0.717, 1.165) is 23.9 Å². The van der Waals surface area contributed by atoms with Crippen molar-refractivity contribution in [1.82, 2.24) is 0 Å². The smallest absolute Gasteiger partial charge is 0.329 e. The van der Waals surface area contributed by atoms with E-state index < -0.39 is 7.60 Å². The SMILES string of the molecule is CCCCCCCC/C=C\CCCCCCCCOP(=O)(CC)OCC[N+](C)(C)C. The predicted octanol–water partition coefficient (Wildman–Crippen LogP) is 7.98. The van der Waals surface area contributed by atoms with E-state index in [4.69, 9.17) is 9.05 Å². The van der Waals surface area contributed by atoms with Gasteiger partial charge in [-0.3, -0.25) is 4.57 Å². The predicted molar refractivity (Wildman–Crippen MR) is 132 cm³/mol. The summed E-state index contributed by atoms with van der Waals surface area (Å²) in [6, 6.07) is 0. The van der Waals surface area contributed by atoms with Gasteiger partial charge in [0.1, 0.15) is 13.2 Å². The van der Waals surface area contributed by atoms with Crippen LogP contribution in [-0.2, 0) is 13.6 Å². The van der Waals surface area contributed by atoms with Gasteiger partial charge in [-0.15, -0.1) is 0 Å². The van der Waals surface area contributed by atoms with Crippen LogP contribution < -0.4 is 0 Å². The van der Waals surface area contributed by atoms with E-state index in [9.17, 15) is 4.57 Å². The number of quaternary nitrogens is 1.